The van der Waals surface area contributed by atoms with Crippen molar-refractivity contribution in [1.29, 1.82) is 0 Å². The summed E-state index contributed by atoms with van der Waals surface area (Å²) in [6.45, 7) is 0.388. The van der Waals surface area contributed by atoms with E-state index in [9.17, 15) is 4.79 Å². The number of carbonyl (C=O) groups excluding carboxylic acids is 1. The first-order valence-corrected chi connectivity index (χ1v) is 8.77. The van der Waals surface area contributed by atoms with E-state index in [1.807, 2.05) is 47.1 Å². The molecule has 0 N–H and O–H groups in total. The van der Waals surface area contributed by atoms with Crippen LogP contribution in [0.4, 0.5) is 0 Å². The average molecular weight is 359 g/mol. The Morgan fingerprint density at radius 3 is 2.96 bits per heavy atom. The third-order valence-corrected chi connectivity index (χ3v) is 4.43. The number of aromatic nitrogens is 2. The zero-order valence-corrected chi connectivity index (χ0v) is 14.6. The number of hydrogen-bond acceptors (Lipinski definition) is 4. The zero-order chi connectivity index (χ0) is 18.6. The van der Waals surface area contributed by atoms with Crippen molar-refractivity contribution in [2.75, 3.05) is 6.54 Å². The van der Waals surface area contributed by atoms with Gasteiger partial charge in [0.1, 0.15) is 5.52 Å². The normalized spacial score (nSPS) is 11.0. The Morgan fingerprint density at radius 1 is 1.15 bits per heavy atom. The molecule has 0 saturated carbocycles. The second-order valence-electron chi connectivity index (χ2n) is 6.26. The Morgan fingerprint density at radius 2 is 2.07 bits per heavy atom. The van der Waals surface area contributed by atoms with Crippen LogP contribution >= 0.6 is 0 Å². The maximum atomic E-state index is 12.2. The number of azide groups is 1. The van der Waals surface area contributed by atoms with E-state index in [0.717, 1.165) is 21.8 Å². The van der Waals surface area contributed by atoms with Crippen molar-refractivity contribution in [1.82, 2.24) is 9.38 Å². The number of nitrogens with zero attached hydrogens (tertiary/aromatic N) is 5. The van der Waals surface area contributed by atoms with Crippen LogP contribution in [0.5, 0.6) is 5.75 Å². The fraction of sp³-hybridized carbons (Fsp3) is 0.200. The van der Waals surface area contributed by atoms with E-state index in [4.69, 9.17) is 15.3 Å². The molecule has 1 aromatic carbocycles. The molecule has 3 heterocycles. The number of benzene rings is 1. The lowest BCUT2D eigenvalue weighted by molar-refractivity contribution is -0.134. The molecule has 0 saturated heterocycles. The number of unbranched alkanes of at least 4 members (excludes halogenated alkanes) is 1. The standard InChI is InChI=1S/C20H17N5O2/c21-24-22-10-3-1-9-18(26)27-17-8-5-6-14-12-15-13-25-11-4-2-7-16(25)19(15)23-20(14)17/h2,4-8,11-13H,1,3,9-10H2. The summed E-state index contributed by atoms with van der Waals surface area (Å²) in [7, 11) is 0. The number of ether oxygens (including phenoxy) is 1. The van der Waals surface area contributed by atoms with Gasteiger partial charge in [0.2, 0.25) is 0 Å². The summed E-state index contributed by atoms with van der Waals surface area (Å²) in [5, 5.41) is 5.42. The summed E-state index contributed by atoms with van der Waals surface area (Å²) in [5.74, 6) is 0.150. The molecule has 7 nitrogen and oxygen atoms in total. The third-order valence-electron chi connectivity index (χ3n) is 4.43. The first-order valence-electron chi connectivity index (χ1n) is 8.77. The van der Waals surface area contributed by atoms with E-state index in [1.54, 1.807) is 6.07 Å². The molecule has 4 rings (SSSR count). The lowest BCUT2D eigenvalue weighted by Gasteiger charge is -2.07. The highest BCUT2D eigenvalue weighted by Gasteiger charge is 2.12. The average Bonchev–Trinajstić information content (AvgIpc) is 3.04. The number of hydrogen-bond donors (Lipinski definition) is 0. The minimum absolute atomic E-state index is 0.273. The highest BCUT2D eigenvalue weighted by molar-refractivity contribution is 6.02. The monoisotopic (exact) mass is 359 g/mol. The second-order valence-corrected chi connectivity index (χ2v) is 6.26. The van der Waals surface area contributed by atoms with Crippen molar-refractivity contribution in [3.8, 4) is 5.75 Å². The fourth-order valence-electron chi connectivity index (χ4n) is 3.16. The predicted octanol–water partition coefficient (Wildman–Crippen LogP) is 5.03. The van der Waals surface area contributed by atoms with Gasteiger partial charge in [-0.1, -0.05) is 23.3 Å². The predicted molar refractivity (Wildman–Crippen MR) is 104 cm³/mol. The maximum absolute atomic E-state index is 12.2. The van der Waals surface area contributed by atoms with Gasteiger partial charge in [0, 0.05) is 41.0 Å². The van der Waals surface area contributed by atoms with Gasteiger partial charge in [0.05, 0.1) is 11.0 Å². The Hall–Kier alpha value is -3.57. The van der Waals surface area contributed by atoms with Crippen molar-refractivity contribution in [2.45, 2.75) is 19.3 Å². The maximum Gasteiger partial charge on any atom is 0.311 e. The molecule has 7 heteroatoms. The van der Waals surface area contributed by atoms with Gasteiger partial charge in [0.15, 0.2) is 5.75 Å². The minimum atomic E-state index is -0.313. The molecule has 0 unspecified atom stereocenters. The van der Waals surface area contributed by atoms with E-state index >= 15 is 0 Å². The lowest BCUT2D eigenvalue weighted by atomic mass is 10.1. The topological polar surface area (TPSA) is 92.4 Å². The summed E-state index contributed by atoms with van der Waals surface area (Å²) >= 11 is 0. The van der Waals surface area contributed by atoms with Crippen LogP contribution in [0, 0.1) is 0 Å². The number of rotatable bonds is 6. The second kappa shape index (κ2) is 7.35. The Kier molecular flexibility index (Phi) is 4.60. The molecular weight excluding hydrogens is 342 g/mol. The smallest absolute Gasteiger partial charge is 0.311 e. The molecule has 0 spiro atoms. The molecule has 0 amide bonds. The Balaban J connectivity index is 1.63. The van der Waals surface area contributed by atoms with Gasteiger partial charge < -0.3 is 9.14 Å². The number of fused-ring (bicyclic) bond motifs is 4. The zero-order valence-electron chi connectivity index (χ0n) is 14.6. The van der Waals surface area contributed by atoms with Crippen LogP contribution in [0.15, 0.2) is 60.0 Å². The molecule has 134 valence electrons. The van der Waals surface area contributed by atoms with Crippen molar-refractivity contribution in [3.05, 3.63) is 65.3 Å². The van der Waals surface area contributed by atoms with Gasteiger partial charge in [-0.3, -0.25) is 4.79 Å². The number of para-hydroxylation sites is 1. The van der Waals surface area contributed by atoms with Crippen LogP contribution < -0.4 is 4.74 Å². The van der Waals surface area contributed by atoms with Crippen LogP contribution in [0.25, 0.3) is 37.8 Å². The van der Waals surface area contributed by atoms with Gasteiger partial charge in [-0.25, -0.2) is 4.98 Å². The van der Waals surface area contributed by atoms with Crippen molar-refractivity contribution in [3.63, 3.8) is 0 Å². The Bertz CT molecular complexity index is 1190. The van der Waals surface area contributed by atoms with Crippen molar-refractivity contribution >= 4 is 33.3 Å². The lowest BCUT2D eigenvalue weighted by Crippen LogP contribution is -2.08. The summed E-state index contributed by atoms with van der Waals surface area (Å²) in [5.41, 5.74) is 10.8. The van der Waals surface area contributed by atoms with E-state index in [2.05, 4.69) is 16.1 Å². The van der Waals surface area contributed by atoms with E-state index in [-0.39, 0.29) is 12.4 Å². The fourth-order valence-corrected chi connectivity index (χ4v) is 3.16. The molecule has 0 aliphatic rings. The molecule has 0 aliphatic carbocycles. The van der Waals surface area contributed by atoms with Gasteiger partial charge in [-0.2, -0.15) is 0 Å². The van der Waals surface area contributed by atoms with Crippen LogP contribution in [0.1, 0.15) is 19.3 Å². The third kappa shape index (κ3) is 3.41. The summed E-state index contributed by atoms with van der Waals surface area (Å²) in [6, 6.07) is 13.6. The van der Waals surface area contributed by atoms with Gasteiger partial charge in [-0.15, -0.1) is 0 Å². The summed E-state index contributed by atoms with van der Waals surface area (Å²) in [4.78, 5) is 19.6. The van der Waals surface area contributed by atoms with E-state index in [0.29, 0.717) is 30.7 Å². The molecule has 27 heavy (non-hydrogen) atoms. The number of esters is 1. The van der Waals surface area contributed by atoms with Crippen molar-refractivity contribution in [2.24, 2.45) is 5.11 Å². The molecule has 0 bridgehead atoms. The van der Waals surface area contributed by atoms with Gasteiger partial charge >= 0.3 is 5.97 Å². The Labute approximate surface area is 154 Å². The van der Waals surface area contributed by atoms with Crippen LogP contribution in [0.3, 0.4) is 0 Å². The van der Waals surface area contributed by atoms with Gasteiger partial charge in [-0.05, 0) is 42.6 Å². The molecular formula is C20H17N5O2. The van der Waals surface area contributed by atoms with E-state index < -0.39 is 0 Å². The summed E-state index contributed by atoms with van der Waals surface area (Å²) in [6.07, 6.45) is 5.57. The number of pyridine rings is 2. The molecule has 0 radical (unpaired) electrons. The molecule has 3 aromatic heterocycles. The first-order chi connectivity index (χ1) is 13.3. The van der Waals surface area contributed by atoms with Crippen LogP contribution in [-0.4, -0.2) is 21.9 Å². The first kappa shape index (κ1) is 16.9. The highest BCUT2D eigenvalue weighted by Crippen LogP contribution is 2.30. The number of carbonyl (C=O) groups is 1. The molecule has 0 aliphatic heterocycles. The van der Waals surface area contributed by atoms with Crippen LogP contribution in [0.2, 0.25) is 0 Å². The quantitative estimate of drug-likeness (QED) is 0.121. The molecule has 4 aromatic rings. The molecule has 0 atom stereocenters. The van der Waals surface area contributed by atoms with Crippen molar-refractivity contribution < 1.29 is 9.53 Å². The SMILES string of the molecule is [N-]=[N+]=NCCCCC(=O)Oc1cccc2cc3cn4ccccc4c3nc12. The highest BCUT2D eigenvalue weighted by atomic mass is 16.5. The minimum Gasteiger partial charge on any atom is -0.424 e. The van der Waals surface area contributed by atoms with Crippen LogP contribution in [-0.2, 0) is 4.79 Å². The van der Waals surface area contributed by atoms with E-state index in [1.165, 1.54) is 0 Å². The largest absolute Gasteiger partial charge is 0.424 e. The summed E-state index contributed by atoms with van der Waals surface area (Å²) < 4.78 is 7.59. The molecule has 0 fully saturated rings. The van der Waals surface area contributed by atoms with Gasteiger partial charge in [0.25, 0.3) is 0 Å².